The lowest BCUT2D eigenvalue weighted by molar-refractivity contribution is 0.504. The minimum absolute atomic E-state index is 0.254. The third-order valence-corrected chi connectivity index (χ3v) is 2.65. The Morgan fingerprint density at radius 2 is 2.11 bits per heavy atom. The van der Waals surface area contributed by atoms with Crippen molar-refractivity contribution in [3.63, 3.8) is 0 Å². The summed E-state index contributed by atoms with van der Waals surface area (Å²) in [6.45, 7) is 5.83. The molecule has 0 fully saturated rings. The number of H-pyrrole nitrogens is 1. The predicted octanol–water partition coefficient (Wildman–Crippen LogP) is 2.80. The number of rotatable bonds is 3. The number of imidazole rings is 1. The van der Waals surface area contributed by atoms with E-state index in [1.807, 2.05) is 26.8 Å². The molecule has 0 saturated carbocycles. The molecule has 0 unspecified atom stereocenters. The Labute approximate surface area is 106 Å². The molecule has 3 nitrogen and oxygen atoms in total. The number of benzene rings is 1. The second-order valence-corrected chi connectivity index (χ2v) is 5.33. The van der Waals surface area contributed by atoms with Crippen LogP contribution in [-0.2, 0) is 6.42 Å². The summed E-state index contributed by atoms with van der Waals surface area (Å²) in [7, 11) is 0. The van der Waals surface area contributed by atoms with Crippen LogP contribution in [0.4, 0.5) is 4.39 Å². The Bertz CT molecular complexity index is 552. The maximum absolute atomic E-state index is 13.2. The fourth-order valence-electron chi connectivity index (χ4n) is 1.95. The van der Waals surface area contributed by atoms with E-state index in [0.29, 0.717) is 6.42 Å². The standard InChI is InChI=1S/C14H18FN3/c1-9-13(10-5-4-6-11(15)7-10)18-12(17-9)8-14(2,3)16/h4-7H,8,16H2,1-3H3,(H,17,18). The van der Waals surface area contributed by atoms with Crippen molar-refractivity contribution >= 4 is 0 Å². The topological polar surface area (TPSA) is 54.7 Å². The van der Waals surface area contributed by atoms with E-state index in [0.717, 1.165) is 22.8 Å². The molecule has 0 aliphatic heterocycles. The summed E-state index contributed by atoms with van der Waals surface area (Å²) in [6, 6.07) is 6.45. The van der Waals surface area contributed by atoms with Gasteiger partial charge in [-0.1, -0.05) is 12.1 Å². The first-order chi connectivity index (χ1) is 8.35. The van der Waals surface area contributed by atoms with Gasteiger partial charge in [0.25, 0.3) is 0 Å². The molecule has 0 radical (unpaired) electrons. The van der Waals surface area contributed by atoms with Gasteiger partial charge >= 0.3 is 0 Å². The molecule has 2 rings (SSSR count). The first-order valence-corrected chi connectivity index (χ1v) is 5.95. The van der Waals surface area contributed by atoms with E-state index in [1.54, 1.807) is 6.07 Å². The third kappa shape index (κ3) is 2.96. The van der Waals surface area contributed by atoms with Crippen LogP contribution in [0, 0.1) is 12.7 Å². The van der Waals surface area contributed by atoms with E-state index in [1.165, 1.54) is 12.1 Å². The van der Waals surface area contributed by atoms with Crippen LogP contribution in [0.5, 0.6) is 0 Å². The molecule has 4 heteroatoms. The molecule has 0 bridgehead atoms. The van der Waals surface area contributed by atoms with Crippen LogP contribution in [-0.4, -0.2) is 15.5 Å². The highest BCUT2D eigenvalue weighted by Crippen LogP contribution is 2.22. The van der Waals surface area contributed by atoms with Crippen LogP contribution < -0.4 is 5.73 Å². The largest absolute Gasteiger partial charge is 0.346 e. The zero-order chi connectivity index (χ0) is 13.3. The Morgan fingerprint density at radius 3 is 2.72 bits per heavy atom. The number of nitrogens with zero attached hydrogens (tertiary/aromatic N) is 1. The lowest BCUT2D eigenvalue weighted by atomic mass is 10.0. The number of hydrogen-bond acceptors (Lipinski definition) is 2. The van der Waals surface area contributed by atoms with Gasteiger partial charge in [0.1, 0.15) is 11.6 Å². The summed E-state index contributed by atoms with van der Waals surface area (Å²) in [5, 5.41) is 0. The quantitative estimate of drug-likeness (QED) is 0.876. The van der Waals surface area contributed by atoms with E-state index in [-0.39, 0.29) is 11.4 Å². The molecule has 1 aromatic heterocycles. The van der Waals surface area contributed by atoms with Crippen molar-refractivity contribution in [2.45, 2.75) is 32.7 Å². The van der Waals surface area contributed by atoms with E-state index < -0.39 is 0 Å². The Hall–Kier alpha value is -1.68. The zero-order valence-corrected chi connectivity index (χ0v) is 10.9. The van der Waals surface area contributed by atoms with Crippen molar-refractivity contribution in [2.75, 3.05) is 0 Å². The van der Waals surface area contributed by atoms with Crippen LogP contribution in [0.2, 0.25) is 0 Å². The van der Waals surface area contributed by atoms with Crippen LogP contribution in [0.25, 0.3) is 11.3 Å². The van der Waals surface area contributed by atoms with Gasteiger partial charge in [-0.15, -0.1) is 0 Å². The number of nitrogens with one attached hydrogen (secondary N) is 1. The Morgan fingerprint density at radius 1 is 1.39 bits per heavy atom. The molecule has 0 amide bonds. The van der Waals surface area contributed by atoms with Gasteiger partial charge < -0.3 is 10.7 Å². The Balaban J connectivity index is 2.35. The summed E-state index contributed by atoms with van der Waals surface area (Å²) < 4.78 is 13.2. The highest BCUT2D eigenvalue weighted by atomic mass is 19.1. The maximum atomic E-state index is 13.2. The third-order valence-electron chi connectivity index (χ3n) is 2.65. The molecule has 0 aliphatic rings. The maximum Gasteiger partial charge on any atom is 0.123 e. The van der Waals surface area contributed by atoms with E-state index in [4.69, 9.17) is 5.73 Å². The van der Waals surface area contributed by atoms with E-state index >= 15 is 0 Å². The van der Waals surface area contributed by atoms with Gasteiger partial charge in [-0.3, -0.25) is 0 Å². The number of aromatic amines is 1. The second-order valence-electron chi connectivity index (χ2n) is 5.33. The van der Waals surface area contributed by atoms with Gasteiger partial charge in [0, 0.05) is 23.2 Å². The molecule has 1 heterocycles. The van der Waals surface area contributed by atoms with Crippen LogP contribution >= 0.6 is 0 Å². The van der Waals surface area contributed by atoms with Crippen LogP contribution in [0.1, 0.15) is 25.4 Å². The van der Waals surface area contributed by atoms with Gasteiger partial charge in [0.2, 0.25) is 0 Å². The highest BCUT2D eigenvalue weighted by molar-refractivity contribution is 5.61. The van der Waals surface area contributed by atoms with Gasteiger partial charge in [-0.05, 0) is 32.9 Å². The molecular weight excluding hydrogens is 229 g/mol. The van der Waals surface area contributed by atoms with Crippen molar-refractivity contribution in [3.8, 4) is 11.3 Å². The van der Waals surface area contributed by atoms with Crippen molar-refractivity contribution in [1.29, 1.82) is 0 Å². The normalized spacial score (nSPS) is 11.8. The second kappa shape index (κ2) is 4.53. The minimum Gasteiger partial charge on any atom is -0.346 e. The van der Waals surface area contributed by atoms with Crippen molar-refractivity contribution in [3.05, 3.63) is 41.6 Å². The van der Waals surface area contributed by atoms with E-state index in [2.05, 4.69) is 9.97 Å². The fourth-order valence-corrected chi connectivity index (χ4v) is 1.95. The molecule has 2 aromatic rings. The summed E-state index contributed by atoms with van der Waals surface area (Å²) >= 11 is 0. The monoisotopic (exact) mass is 247 g/mol. The predicted molar refractivity (Wildman–Crippen MR) is 70.7 cm³/mol. The lowest BCUT2D eigenvalue weighted by Gasteiger charge is -2.15. The Kier molecular flexibility index (Phi) is 3.22. The average Bonchev–Trinajstić information content (AvgIpc) is 2.56. The van der Waals surface area contributed by atoms with Crippen molar-refractivity contribution in [2.24, 2.45) is 5.73 Å². The number of aryl methyl sites for hydroxylation is 1. The molecule has 0 aliphatic carbocycles. The molecule has 1 aromatic carbocycles. The fraction of sp³-hybridized carbons (Fsp3) is 0.357. The number of hydrogen-bond donors (Lipinski definition) is 2. The number of nitrogens with two attached hydrogens (primary N) is 1. The van der Waals surface area contributed by atoms with E-state index in [9.17, 15) is 4.39 Å². The molecule has 0 spiro atoms. The summed E-state index contributed by atoms with van der Waals surface area (Å²) in [5.41, 5.74) is 8.15. The smallest absolute Gasteiger partial charge is 0.123 e. The number of aromatic nitrogens is 2. The van der Waals surface area contributed by atoms with Gasteiger partial charge in [0.05, 0.1) is 5.69 Å². The van der Waals surface area contributed by atoms with Crippen molar-refractivity contribution in [1.82, 2.24) is 9.97 Å². The summed E-state index contributed by atoms with van der Waals surface area (Å²) in [6.07, 6.45) is 0.656. The molecule has 3 N–H and O–H groups in total. The molecule has 0 atom stereocenters. The first-order valence-electron chi connectivity index (χ1n) is 5.95. The summed E-state index contributed by atoms with van der Waals surface area (Å²) in [4.78, 5) is 7.71. The minimum atomic E-state index is -0.316. The molecule has 0 saturated heterocycles. The van der Waals surface area contributed by atoms with Gasteiger partial charge in [-0.2, -0.15) is 0 Å². The average molecular weight is 247 g/mol. The highest BCUT2D eigenvalue weighted by Gasteiger charge is 2.16. The van der Waals surface area contributed by atoms with Crippen LogP contribution in [0.3, 0.4) is 0 Å². The van der Waals surface area contributed by atoms with Crippen molar-refractivity contribution < 1.29 is 4.39 Å². The molecule has 96 valence electrons. The van der Waals surface area contributed by atoms with Crippen LogP contribution in [0.15, 0.2) is 24.3 Å². The SMILES string of the molecule is Cc1[nH]c(CC(C)(C)N)nc1-c1cccc(F)c1. The number of halogens is 1. The first kappa shape index (κ1) is 12.8. The summed E-state index contributed by atoms with van der Waals surface area (Å²) in [5.74, 6) is 0.579. The van der Waals surface area contributed by atoms with Gasteiger partial charge in [-0.25, -0.2) is 9.37 Å². The molecular formula is C14H18FN3. The van der Waals surface area contributed by atoms with Gasteiger partial charge in [0.15, 0.2) is 0 Å². The lowest BCUT2D eigenvalue weighted by Crippen LogP contribution is -2.34. The zero-order valence-electron chi connectivity index (χ0n) is 10.9. The molecule has 18 heavy (non-hydrogen) atoms.